The van der Waals surface area contributed by atoms with Gasteiger partial charge >= 0.3 is 39.5 Å². The van der Waals surface area contributed by atoms with Gasteiger partial charge in [0, 0.05) is 25.7 Å². The Bertz CT molecular complexity index is 2010. The lowest BCUT2D eigenvalue weighted by Crippen LogP contribution is -2.30. The number of carbonyl (C=O) groups is 4. The number of phosphoric ester groups is 2. The molecule has 19 heteroatoms. The Balaban J connectivity index is 5.33. The molecule has 0 aliphatic carbocycles. The summed E-state index contributed by atoms with van der Waals surface area (Å²) in [6.45, 7) is 9.43. The summed E-state index contributed by atoms with van der Waals surface area (Å²) in [7, 11) is -9.93. The largest absolute Gasteiger partial charge is 0.472 e. The zero-order chi connectivity index (χ0) is 69.3. The van der Waals surface area contributed by atoms with Crippen LogP contribution in [-0.4, -0.2) is 96.7 Å². The number of carbonyl (C=O) groups excluding carboxylic acids is 4. The van der Waals surface area contributed by atoms with E-state index in [1.165, 1.54) is 116 Å². The second kappa shape index (κ2) is 65.9. The SMILES string of the molecule is CCCCCC/C=C\C=C/CCCCCCCC(=O)OC[C@H](COP(=O)(O)OC[C@@H](O)COP(=O)(O)OC[C@@H](COC(=O)CCCCCCCCC(C)CC)OC(=O)CCCCCCC/C=C\C=C/CCCCCC)OC(=O)CCCCCCCCCCCCC(C)CC. The summed E-state index contributed by atoms with van der Waals surface area (Å²) in [4.78, 5) is 72.7. The highest BCUT2D eigenvalue weighted by atomic mass is 31.2. The molecule has 0 aliphatic rings. The van der Waals surface area contributed by atoms with Gasteiger partial charge in [-0.2, -0.15) is 0 Å². The fraction of sp³-hybridized carbons (Fsp3) is 0.840. The third-order valence-corrected chi connectivity index (χ3v) is 18.8. The smallest absolute Gasteiger partial charge is 0.462 e. The van der Waals surface area contributed by atoms with Crippen LogP contribution in [0.1, 0.15) is 337 Å². The maximum absolute atomic E-state index is 13.1. The van der Waals surface area contributed by atoms with Crippen LogP contribution >= 0.6 is 15.6 Å². The molecule has 0 saturated carbocycles. The molecule has 0 aromatic heterocycles. The first kappa shape index (κ1) is 91.0. The van der Waals surface area contributed by atoms with Gasteiger partial charge in [-0.15, -0.1) is 0 Å². The Hall–Kier alpha value is -2.98. The van der Waals surface area contributed by atoms with Crippen LogP contribution in [-0.2, 0) is 65.4 Å². The zero-order valence-corrected chi connectivity index (χ0v) is 62.0. The van der Waals surface area contributed by atoms with Gasteiger partial charge in [-0.1, -0.05) is 283 Å². The summed E-state index contributed by atoms with van der Waals surface area (Å²) in [6.07, 6.45) is 58.4. The number of esters is 4. The summed E-state index contributed by atoms with van der Waals surface area (Å²) >= 11 is 0. The molecular formula is C75H138O17P2. The second-order valence-electron chi connectivity index (χ2n) is 26.1. The summed E-state index contributed by atoms with van der Waals surface area (Å²) in [5.41, 5.74) is 0. The number of ether oxygens (including phenoxy) is 4. The first-order valence-electron chi connectivity index (χ1n) is 37.7. The van der Waals surface area contributed by atoms with E-state index in [9.17, 15) is 43.2 Å². The van der Waals surface area contributed by atoms with E-state index in [0.29, 0.717) is 25.7 Å². The average Bonchev–Trinajstić information content (AvgIpc) is 2.80. The maximum atomic E-state index is 13.1. The van der Waals surface area contributed by atoms with E-state index in [0.717, 1.165) is 140 Å². The molecule has 0 heterocycles. The van der Waals surface area contributed by atoms with Gasteiger partial charge in [-0.3, -0.25) is 37.3 Å². The summed E-state index contributed by atoms with van der Waals surface area (Å²) in [5, 5.41) is 10.6. The summed E-state index contributed by atoms with van der Waals surface area (Å²) < 4.78 is 68.4. The number of aliphatic hydroxyl groups excluding tert-OH is 1. The van der Waals surface area contributed by atoms with Crippen molar-refractivity contribution in [1.82, 2.24) is 0 Å². The van der Waals surface area contributed by atoms with Crippen molar-refractivity contribution in [1.29, 1.82) is 0 Å². The van der Waals surface area contributed by atoms with Gasteiger partial charge in [-0.25, -0.2) is 9.13 Å². The molecule has 3 N–H and O–H groups in total. The van der Waals surface area contributed by atoms with E-state index in [1.54, 1.807) is 0 Å². The number of hydrogen-bond donors (Lipinski definition) is 3. The van der Waals surface area contributed by atoms with Crippen LogP contribution in [0.3, 0.4) is 0 Å². The first-order chi connectivity index (χ1) is 45.4. The van der Waals surface area contributed by atoms with Crippen molar-refractivity contribution in [2.24, 2.45) is 11.8 Å². The highest BCUT2D eigenvalue weighted by Crippen LogP contribution is 2.45. The van der Waals surface area contributed by atoms with Gasteiger partial charge < -0.3 is 33.8 Å². The Morgan fingerprint density at radius 2 is 0.596 bits per heavy atom. The van der Waals surface area contributed by atoms with E-state index >= 15 is 0 Å². The third kappa shape index (κ3) is 65.0. The Morgan fingerprint density at radius 1 is 0.340 bits per heavy atom. The van der Waals surface area contributed by atoms with Crippen molar-refractivity contribution in [2.75, 3.05) is 39.6 Å². The molecule has 0 fully saturated rings. The van der Waals surface area contributed by atoms with Crippen LogP contribution in [0, 0.1) is 11.8 Å². The molecular weight excluding hydrogens is 1230 g/mol. The molecule has 0 aromatic carbocycles. The molecule has 0 amide bonds. The monoisotopic (exact) mass is 1370 g/mol. The molecule has 0 aliphatic heterocycles. The molecule has 7 atom stereocenters. The Labute approximate surface area is 572 Å². The van der Waals surface area contributed by atoms with Crippen molar-refractivity contribution in [3.8, 4) is 0 Å². The molecule has 17 nitrogen and oxygen atoms in total. The molecule has 0 saturated heterocycles. The van der Waals surface area contributed by atoms with Crippen LogP contribution in [0.25, 0.3) is 0 Å². The predicted octanol–water partition coefficient (Wildman–Crippen LogP) is 21.0. The summed E-state index contributed by atoms with van der Waals surface area (Å²) in [5.74, 6) is -0.656. The molecule has 0 bridgehead atoms. The van der Waals surface area contributed by atoms with Gasteiger partial charge in [-0.05, 0) is 88.9 Å². The average molecular weight is 1370 g/mol. The molecule has 0 radical (unpaired) electrons. The first-order valence-corrected chi connectivity index (χ1v) is 40.7. The van der Waals surface area contributed by atoms with Crippen LogP contribution in [0.4, 0.5) is 0 Å². The Morgan fingerprint density at radius 3 is 0.894 bits per heavy atom. The zero-order valence-electron chi connectivity index (χ0n) is 60.2. The lowest BCUT2D eigenvalue weighted by Gasteiger charge is -2.21. The molecule has 4 unspecified atom stereocenters. The van der Waals surface area contributed by atoms with Gasteiger partial charge in [0.2, 0.25) is 0 Å². The Kier molecular flexibility index (Phi) is 63.8. The van der Waals surface area contributed by atoms with Crippen LogP contribution < -0.4 is 0 Å². The topological polar surface area (TPSA) is 237 Å². The van der Waals surface area contributed by atoms with E-state index < -0.39 is 97.5 Å². The number of unbranched alkanes of at least 4 members (excludes halogenated alkanes) is 32. The van der Waals surface area contributed by atoms with E-state index in [-0.39, 0.29) is 25.7 Å². The van der Waals surface area contributed by atoms with Crippen molar-refractivity contribution in [2.45, 2.75) is 355 Å². The molecule has 0 spiro atoms. The van der Waals surface area contributed by atoms with Gasteiger partial charge in [0.25, 0.3) is 0 Å². The molecule has 94 heavy (non-hydrogen) atoms. The number of allylic oxidation sites excluding steroid dienone is 8. The van der Waals surface area contributed by atoms with Gasteiger partial charge in [0.1, 0.15) is 19.3 Å². The highest BCUT2D eigenvalue weighted by Gasteiger charge is 2.30. The van der Waals surface area contributed by atoms with Crippen LogP contribution in [0.5, 0.6) is 0 Å². The van der Waals surface area contributed by atoms with E-state index in [1.807, 2.05) is 0 Å². The van der Waals surface area contributed by atoms with Crippen molar-refractivity contribution in [3.05, 3.63) is 48.6 Å². The number of rotatable bonds is 70. The lowest BCUT2D eigenvalue weighted by molar-refractivity contribution is -0.161. The standard InChI is InChI=1S/C75H138O17P2/c1-7-11-13-15-17-19-21-23-25-27-29-34-38-45-51-57-72(77)85-63-70(91-75(80)60-54-48-40-36-32-31-33-37-43-49-55-67(5)9-3)65-89-93(81,82)87-61-69(76)62-88-94(83,84)90-66-71(64-86-73(78)58-52-46-42-41-44-50-56-68(6)10-4)92-74(79)59-53-47-39-35-30-28-26-24-22-20-18-16-14-12-8-2/h19-26,67-71,76H,7-18,27-66H2,1-6H3,(H,81,82)(H,83,84)/b21-19-,22-20-,25-23-,26-24-/t67?,68?,69-,70-,71-/m1/s1. The fourth-order valence-electron chi connectivity index (χ4n) is 10.3. The minimum atomic E-state index is -4.97. The quantitative estimate of drug-likeness (QED) is 0.0169. The van der Waals surface area contributed by atoms with Gasteiger partial charge in [0.05, 0.1) is 26.4 Å². The second-order valence-corrected chi connectivity index (χ2v) is 29.1. The van der Waals surface area contributed by atoms with Gasteiger partial charge in [0.15, 0.2) is 12.2 Å². The minimum absolute atomic E-state index is 0.0816. The maximum Gasteiger partial charge on any atom is 0.472 e. The molecule has 550 valence electrons. The van der Waals surface area contributed by atoms with E-state index in [2.05, 4.69) is 90.2 Å². The highest BCUT2D eigenvalue weighted by molar-refractivity contribution is 7.47. The van der Waals surface area contributed by atoms with Crippen LogP contribution in [0.15, 0.2) is 48.6 Å². The van der Waals surface area contributed by atoms with Crippen LogP contribution in [0.2, 0.25) is 0 Å². The minimum Gasteiger partial charge on any atom is -0.462 e. The third-order valence-electron chi connectivity index (χ3n) is 16.9. The van der Waals surface area contributed by atoms with Crippen molar-refractivity contribution < 1.29 is 80.2 Å². The van der Waals surface area contributed by atoms with Crippen molar-refractivity contribution in [3.63, 3.8) is 0 Å². The number of phosphoric acid groups is 2. The fourth-order valence-corrected chi connectivity index (χ4v) is 11.9. The van der Waals surface area contributed by atoms with E-state index in [4.69, 9.17) is 37.0 Å². The van der Waals surface area contributed by atoms with Crippen molar-refractivity contribution >= 4 is 39.5 Å². The number of aliphatic hydroxyl groups is 1. The predicted molar refractivity (Wildman–Crippen MR) is 381 cm³/mol. The molecule has 0 rings (SSSR count). The normalized spacial score (nSPS) is 14.9. The summed E-state index contributed by atoms with van der Waals surface area (Å²) in [6, 6.07) is 0. The number of hydrogen-bond acceptors (Lipinski definition) is 15. The molecule has 0 aromatic rings. The lowest BCUT2D eigenvalue weighted by atomic mass is 9.99.